The van der Waals surface area contributed by atoms with Crippen LogP contribution in [0.1, 0.15) is 25.0 Å². The summed E-state index contributed by atoms with van der Waals surface area (Å²) in [5, 5.41) is 3.80. The minimum atomic E-state index is 0.0936. The van der Waals surface area contributed by atoms with E-state index in [2.05, 4.69) is 11.4 Å². The van der Waals surface area contributed by atoms with Gasteiger partial charge in [-0.15, -0.1) is 0 Å². The van der Waals surface area contributed by atoms with Crippen molar-refractivity contribution in [3.05, 3.63) is 28.3 Å². The van der Waals surface area contributed by atoms with Crippen LogP contribution in [0.2, 0.25) is 5.02 Å². The Morgan fingerprint density at radius 3 is 2.39 bits per heavy atom. The van der Waals surface area contributed by atoms with Gasteiger partial charge in [0.25, 0.3) is 0 Å². The molecule has 0 radical (unpaired) electrons. The van der Waals surface area contributed by atoms with Gasteiger partial charge in [-0.1, -0.05) is 17.7 Å². The van der Waals surface area contributed by atoms with Gasteiger partial charge in [0.15, 0.2) is 0 Å². The number of hydrogen-bond donors (Lipinski definition) is 1. The van der Waals surface area contributed by atoms with E-state index in [9.17, 15) is 4.79 Å². The maximum Gasteiger partial charge on any atom is 0.241 e. The Labute approximate surface area is 114 Å². The van der Waals surface area contributed by atoms with Crippen molar-refractivity contribution in [2.24, 2.45) is 0 Å². The number of anilines is 1. The van der Waals surface area contributed by atoms with Crippen LogP contribution in [0.5, 0.6) is 0 Å². The molecule has 0 fully saturated rings. The highest BCUT2D eigenvalue weighted by Gasteiger charge is 2.11. The van der Waals surface area contributed by atoms with Crippen molar-refractivity contribution in [1.29, 1.82) is 0 Å². The summed E-state index contributed by atoms with van der Waals surface area (Å²) in [6.07, 6.45) is 0. The van der Waals surface area contributed by atoms with Gasteiger partial charge in [-0.3, -0.25) is 4.79 Å². The number of amides is 1. The van der Waals surface area contributed by atoms with Crippen LogP contribution in [-0.2, 0) is 4.79 Å². The minimum absolute atomic E-state index is 0.0936. The van der Waals surface area contributed by atoms with Crippen LogP contribution in [0, 0.1) is 13.8 Å². The first-order valence-corrected chi connectivity index (χ1v) is 6.65. The molecule has 0 bridgehead atoms. The Balaban J connectivity index is 2.72. The summed E-state index contributed by atoms with van der Waals surface area (Å²) in [6, 6.07) is 3.95. The average molecular weight is 269 g/mol. The predicted octanol–water partition coefficient (Wildman–Crippen LogP) is 3.24. The molecule has 0 atom stereocenters. The van der Waals surface area contributed by atoms with Gasteiger partial charge >= 0.3 is 0 Å². The molecule has 1 N–H and O–H groups in total. The van der Waals surface area contributed by atoms with Gasteiger partial charge in [-0.2, -0.15) is 0 Å². The van der Waals surface area contributed by atoms with Crippen LogP contribution in [-0.4, -0.2) is 30.4 Å². The fourth-order valence-electron chi connectivity index (χ4n) is 1.99. The predicted molar refractivity (Wildman–Crippen MR) is 77.3 cm³/mol. The summed E-state index contributed by atoms with van der Waals surface area (Å²) in [7, 11) is 0. The number of aryl methyl sites for hydroxylation is 2. The van der Waals surface area contributed by atoms with E-state index in [0.29, 0.717) is 5.02 Å². The van der Waals surface area contributed by atoms with Crippen molar-refractivity contribution in [1.82, 2.24) is 4.90 Å². The van der Waals surface area contributed by atoms with Crippen LogP contribution < -0.4 is 5.32 Å². The topological polar surface area (TPSA) is 32.3 Å². The van der Waals surface area contributed by atoms with Gasteiger partial charge in [-0.25, -0.2) is 0 Å². The largest absolute Gasteiger partial charge is 0.375 e. The first-order valence-electron chi connectivity index (χ1n) is 6.28. The summed E-state index contributed by atoms with van der Waals surface area (Å²) in [6.45, 7) is 9.70. The molecule has 1 amide bonds. The van der Waals surface area contributed by atoms with Crippen molar-refractivity contribution in [3.63, 3.8) is 0 Å². The monoisotopic (exact) mass is 268 g/mol. The van der Waals surface area contributed by atoms with E-state index in [0.717, 1.165) is 29.9 Å². The third-order valence-corrected chi connectivity index (χ3v) is 3.26. The summed E-state index contributed by atoms with van der Waals surface area (Å²) in [4.78, 5) is 13.7. The molecule has 0 saturated carbocycles. The normalized spacial score (nSPS) is 10.3. The Hall–Kier alpha value is -1.22. The number of nitrogens with one attached hydrogen (secondary N) is 1. The van der Waals surface area contributed by atoms with E-state index in [-0.39, 0.29) is 12.5 Å². The molecular weight excluding hydrogens is 248 g/mol. The third kappa shape index (κ3) is 3.64. The SMILES string of the molecule is CCN(CC)C(=O)CNc1c(C)cc(C)cc1Cl. The van der Waals surface area contributed by atoms with Crippen LogP contribution in [0.3, 0.4) is 0 Å². The van der Waals surface area contributed by atoms with E-state index in [1.807, 2.05) is 33.8 Å². The summed E-state index contributed by atoms with van der Waals surface area (Å²) in [5.41, 5.74) is 3.04. The van der Waals surface area contributed by atoms with Crippen molar-refractivity contribution in [2.75, 3.05) is 25.0 Å². The van der Waals surface area contributed by atoms with Gasteiger partial charge in [-0.05, 0) is 44.9 Å². The van der Waals surface area contributed by atoms with Crippen LogP contribution in [0.4, 0.5) is 5.69 Å². The lowest BCUT2D eigenvalue weighted by atomic mass is 10.1. The minimum Gasteiger partial charge on any atom is -0.375 e. The van der Waals surface area contributed by atoms with Crippen LogP contribution >= 0.6 is 11.6 Å². The molecule has 18 heavy (non-hydrogen) atoms. The van der Waals surface area contributed by atoms with Gasteiger partial charge < -0.3 is 10.2 Å². The molecule has 4 heteroatoms. The second-order valence-electron chi connectivity index (χ2n) is 4.36. The Bertz CT molecular complexity index is 405. The lowest BCUT2D eigenvalue weighted by Crippen LogP contribution is -2.35. The van der Waals surface area contributed by atoms with E-state index >= 15 is 0 Å². The lowest BCUT2D eigenvalue weighted by Gasteiger charge is -2.20. The van der Waals surface area contributed by atoms with Crippen molar-refractivity contribution < 1.29 is 4.79 Å². The van der Waals surface area contributed by atoms with Crippen molar-refractivity contribution in [2.45, 2.75) is 27.7 Å². The number of likely N-dealkylation sites (N-methyl/N-ethyl adjacent to an activating group) is 1. The molecule has 0 aliphatic rings. The number of hydrogen-bond acceptors (Lipinski definition) is 2. The maximum absolute atomic E-state index is 11.9. The van der Waals surface area contributed by atoms with Gasteiger partial charge in [0.05, 0.1) is 17.3 Å². The summed E-state index contributed by atoms with van der Waals surface area (Å²) < 4.78 is 0. The molecule has 100 valence electrons. The number of halogens is 1. The number of benzene rings is 1. The van der Waals surface area contributed by atoms with Gasteiger partial charge in [0.2, 0.25) is 5.91 Å². The molecule has 3 nitrogen and oxygen atoms in total. The molecule has 1 aromatic rings. The molecule has 1 aromatic carbocycles. The zero-order valence-corrected chi connectivity index (χ0v) is 12.3. The molecule has 0 aliphatic heterocycles. The second-order valence-corrected chi connectivity index (χ2v) is 4.77. The number of nitrogens with zero attached hydrogens (tertiary/aromatic N) is 1. The van der Waals surface area contributed by atoms with Crippen LogP contribution in [0.25, 0.3) is 0 Å². The standard InChI is InChI=1S/C14H21ClN2O/c1-5-17(6-2)13(18)9-16-14-11(4)7-10(3)8-12(14)15/h7-8,16H,5-6,9H2,1-4H3. The van der Waals surface area contributed by atoms with Crippen molar-refractivity contribution >= 4 is 23.2 Å². The highest BCUT2D eigenvalue weighted by molar-refractivity contribution is 6.33. The number of rotatable bonds is 5. The molecule has 0 unspecified atom stereocenters. The Kier molecular flexibility index (Phi) is 5.48. The summed E-state index contributed by atoms with van der Waals surface area (Å²) in [5.74, 6) is 0.0936. The molecule has 0 saturated heterocycles. The van der Waals surface area contributed by atoms with Gasteiger partial charge in [0, 0.05) is 13.1 Å². The van der Waals surface area contributed by atoms with E-state index in [1.54, 1.807) is 4.90 Å². The molecular formula is C14H21ClN2O. The first-order chi connectivity index (χ1) is 8.49. The highest BCUT2D eigenvalue weighted by atomic mass is 35.5. The highest BCUT2D eigenvalue weighted by Crippen LogP contribution is 2.27. The maximum atomic E-state index is 11.9. The lowest BCUT2D eigenvalue weighted by molar-refractivity contribution is -0.128. The first kappa shape index (κ1) is 14.8. The Morgan fingerprint density at radius 1 is 1.28 bits per heavy atom. The molecule has 1 rings (SSSR count). The fourth-order valence-corrected chi connectivity index (χ4v) is 2.38. The molecule has 0 aromatic heterocycles. The van der Waals surface area contributed by atoms with Gasteiger partial charge in [0.1, 0.15) is 0 Å². The fraction of sp³-hybridized carbons (Fsp3) is 0.500. The zero-order chi connectivity index (χ0) is 13.7. The van der Waals surface area contributed by atoms with Crippen molar-refractivity contribution in [3.8, 4) is 0 Å². The molecule has 0 aliphatic carbocycles. The quantitative estimate of drug-likeness (QED) is 0.889. The average Bonchev–Trinajstić information content (AvgIpc) is 2.29. The zero-order valence-electron chi connectivity index (χ0n) is 11.5. The second kappa shape index (κ2) is 6.64. The third-order valence-electron chi connectivity index (χ3n) is 2.96. The van der Waals surface area contributed by atoms with E-state index < -0.39 is 0 Å². The summed E-state index contributed by atoms with van der Waals surface area (Å²) >= 11 is 6.18. The Morgan fingerprint density at radius 2 is 1.89 bits per heavy atom. The smallest absolute Gasteiger partial charge is 0.241 e. The van der Waals surface area contributed by atoms with Crippen LogP contribution in [0.15, 0.2) is 12.1 Å². The molecule has 0 spiro atoms. The number of carbonyl (C=O) groups excluding carboxylic acids is 1. The number of carbonyl (C=O) groups is 1. The van der Waals surface area contributed by atoms with E-state index in [1.165, 1.54) is 0 Å². The van der Waals surface area contributed by atoms with E-state index in [4.69, 9.17) is 11.6 Å². The molecule has 0 heterocycles.